The van der Waals surface area contributed by atoms with Crippen molar-refractivity contribution in [1.82, 2.24) is 14.7 Å². The van der Waals surface area contributed by atoms with E-state index in [4.69, 9.17) is 28.3 Å². The van der Waals surface area contributed by atoms with E-state index in [2.05, 4.69) is 12.2 Å². The van der Waals surface area contributed by atoms with Crippen molar-refractivity contribution in [2.75, 3.05) is 18.4 Å². The van der Waals surface area contributed by atoms with Crippen LogP contribution in [0.5, 0.6) is 0 Å². The van der Waals surface area contributed by atoms with E-state index in [1.807, 2.05) is 49.4 Å². The normalized spacial score (nSPS) is 10.8. The molecule has 0 aliphatic rings. The summed E-state index contributed by atoms with van der Waals surface area (Å²) in [6.07, 6.45) is 0.895. The standard InChI is InChI=1S/C28H26Cl2N4O2/c1-3-19-10-12-21(13-11-19)28(36)33(4-2)18-27(35)31-26-17-25(20-8-6-5-7-9-20)32-34(26)22-14-15-23(29)24(30)16-22/h5-17H,3-4,18H2,1-2H3,(H,31,35). The van der Waals surface area contributed by atoms with Crippen LogP contribution in [0.15, 0.2) is 78.9 Å². The smallest absolute Gasteiger partial charge is 0.254 e. The first kappa shape index (κ1) is 25.5. The van der Waals surface area contributed by atoms with Crippen LogP contribution in [0.2, 0.25) is 10.0 Å². The van der Waals surface area contributed by atoms with Crippen molar-refractivity contribution in [2.45, 2.75) is 20.3 Å². The molecule has 3 aromatic carbocycles. The Morgan fingerprint density at radius 2 is 1.64 bits per heavy atom. The molecule has 0 saturated heterocycles. The summed E-state index contributed by atoms with van der Waals surface area (Å²) < 4.78 is 1.60. The molecule has 4 aromatic rings. The second-order valence-electron chi connectivity index (χ2n) is 8.21. The fourth-order valence-electron chi connectivity index (χ4n) is 3.78. The maximum absolute atomic E-state index is 13.1. The van der Waals surface area contributed by atoms with Crippen molar-refractivity contribution in [3.05, 3.63) is 100 Å². The van der Waals surface area contributed by atoms with Crippen LogP contribution in [0.25, 0.3) is 16.9 Å². The van der Waals surface area contributed by atoms with Crippen molar-refractivity contribution in [1.29, 1.82) is 0 Å². The molecule has 0 fully saturated rings. The summed E-state index contributed by atoms with van der Waals surface area (Å²) in [5.41, 5.74) is 3.91. The van der Waals surface area contributed by atoms with Crippen molar-refractivity contribution in [3.8, 4) is 16.9 Å². The summed E-state index contributed by atoms with van der Waals surface area (Å²) in [4.78, 5) is 27.6. The quantitative estimate of drug-likeness (QED) is 0.288. The highest BCUT2D eigenvalue weighted by atomic mass is 35.5. The van der Waals surface area contributed by atoms with E-state index in [-0.39, 0.29) is 18.4 Å². The zero-order chi connectivity index (χ0) is 25.7. The number of halogens is 2. The van der Waals surface area contributed by atoms with Crippen LogP contribution in [-0.2, 0) is 11.2 Å². The SMILES string of the molecule is CCc1ccc(C(=O)N(CC)CC(=O)Nc2cc(-c3ccccc3)nn2-c2ccc(Cl)c(Cl)c2)cc1. The first-order valence-electron chi connectivity index (χ1n) is 11.7. The molecule has 0 atom stereocenters. The number of carbonyl (C=O) groups is 2. The molecule has 6 nitrogen and oxygen atoms in total. The fourth-order valence-corrected chi connectivity index (χ4v) is 4.07. The molecule has 2 amide bonds. The molecule has 184 valence electrons. The Hall–Kier alpha value is -3.61. The molecule has 4 rings (SSSR count). The second-order valence-corrected chi connectivity index (χ2v) is 9.02. The van der Waals surface area contributed by atoms with Crippen molar-refractivity contribution in [3.63, 3.8) is 0 Å². The number of nitrogens with one attached hydrogen (secondary N) is 1. The van der Waals surface area contributed by atoms with Crippen LogP contribution in [-0.4, -0.2) is 39.6 Å². The summed E-state index contributed by atoms with van der Waals surface area (Å²) >= 11 is 12.3. The molecule has 1 aromatic heterocycles. The summed E-state index contributed by atoms with van der Waals surface area (Å²) in [6, 6.07) is 24.0. The Morgan fingerprint density at radius 3 is 2.28 bits per heavy atom. The van der Waals surface area contributed by atoms with Gasteiger partial charge in [0.1, 0.15) is 12.4 Å². The molecule has 0 saturated carbocycles. The zero-order valence-corrected chi connectivity index (χ0v) is 21.6. The molecular formula is C28H26Cl2N4O2. The second kappa shape index (κ2) is 11.4. The van der Waals surface area contributed by atoms with Gasteiger partial charge in [-0.1, -0.05) is 72.6 Å². The minimum atomic E-state index is -0.337. The highest BCUT2D eigenvalue weighted by Crippen LogP contribution is 2.29. The number of carbonyl (C=O) groups excluding carboxylic acids is 2. The molecule has 36 heavy (non-hydrogen) atoms. The number of nitrogens with zero attached hydrogens (tertiary/aromatic N) is 3. The predicted molar refractivity (Wildman–Crippen MR) is 145 cm³/mol. The molecule has 0 radical (unpaired) electrons. The number of aromatic nitrogens is 2. The Morgan fingerprint density at radius 1 is 0.917 bits per heavy atom. The third-order valence-electron chi connectivity index (χ3n) is 5.81. The first-order chi connectivity index (χ1) is 17.4. The number of amides is 2. The highest BCUT2D eigenvalue weighted by molar-refractivity contribution is 6.42. The number of benzene rings is 3. The maximum atomic E-state index is 13.1. The van der Waals surface area contributed by atoms with E-state index in [0.717, 1.165) is 17.5 Å². The third kappa shape index (κ3) is 5.78. The third-order valence-corrected chi connectivity index (χ3v) is 6.55. The van der Waals surface area contributed by atoms with Gasteiger partial charge in [-0.15, -0.1) is 0 Å². The number of hydrogen-bond donors (Lipinski definition) is 1. The van der Waals surface area contributed by atoms with Gasteiger partial charge in [-0.25, -0.2) is 4.68 Å². The van der Waals surface area contributed by atoms with E-state index < -0.39 is 0 Å². The topological polar surface area (TPSA) is 67.2 Å². The van der Waals surface area contributed by atoms with Crippen LogP contribution in [0.3, 0.4) is 0 Å². The van der Waals surface area contributed by atoms with E-state index >= 15 is 0 Å². The van der Waals surface area contributed by atoms with E-state index in [9.17, 15) is 9.59 Å². The van der Waals surface area contributed by atoms with Gasteiger partial charge in [-0.05, 0) is 49.2 Å². The summed E-state index contributed by atoms with van der Waals surface area (Å²) in [5.74, 6) is -0.0810. The Balaban J connectivity index is 1.59. The lowest BCUT2D eigenvalue weighted by Gasteiger charge is -2.20. The minimum Gasteiger partial charge on any atom is -0.330 e. The maximum Gasteiger partial charge on any atom is 0.254 e. The largest absolute Gasteiger partial charge is 0.330 e. The van der Waals surface area contributed by atoms with Gasteiger partial charge in [-0.2, -0.15) is 5.10 Å². The van der Waals surface area contributed by atoms with E-state index in [1.54, 1.807) is 41.1 Å². The van der Waals surface area contributed by atoms with Crippen LogP contribution < -0.4 is 5.32 Å². The van der Waals surface area contributed by atoms with Gasteiger partial charge in [0.15, 0.2) is 0 Å². The molecule has 1 N–H and O–H groups in total. The average Bonchev–Trinajstić information content (AvgIpc) is 3.32. The van der Waals surface area contributed by atoms with Crippen molar-refractivity contribution >= 4 is 40.8 Å². The number of hydrogen-bond acceptors (Lipinski definition) is 3. The lowest BCUT2D eigenvalue weighted by Crippen LogP contribution is -2.38. The van der Waals surface area contributed by atoms with Crippen LogP contribution in [0.1, 0.15) is 29.8 Å². The Labute approximate surface area is 220 Å². The van der Waals surface area contributed by atoms with E-state index in [0.29, 0.717) is 39.4 Å². The van der Waals surface area contributed by atoms with Gasteiger partial charge in [0.05, 0.1) is 21.4 Å². The summed E-state index contributed by atoms with van der Waals surface area (Å²) in [6.45, 7) is 4.20. The number of aryl methyl sites for hydroxylation is 1. The van der Waals surface area contributed by atoms with Gasteiger partial charge >= 0.3 is 0 Å². The molecule has 0 aliphatic carbocycles. The lowest BCUT2D eigenvalue weighted by molar-refractivity contribution is -0.116. The van der Waals surface area contributed by atoms with Gasteiger partial charge in [-0.3, -0.25) is 9.59 Å². The van der Waals surface area contributed by atoms with Crippen molar-refractivity contribution < 1.29 is 9.59 Å². The molecule has 0 aliphatic heterocycles. The molecule has 8 heteroatoms. The summed E-state index contributed by atoms with van der Waals surface area (Å²) in [7, 11) is 0. The predicted octanol–water partition coefficient (Wildman–Crippen LogP) is 6.51. The van der Waals surface area contributed by atoms with E-state index in [1.165, 1.54) is 4.90 Å². The Kier molecular flexibility index (Phi) is 8.08. The minimum absolute atomic E-state index is 0.0991. The van der Waals surface area contributed by atoms with Gasteiger partial charge in [0, 0.05) is 23.7 Å². The van der Waals surface area contributed by atoms with Crippen LogP contribution >= 0.6 is 23.2 Å². The monoisotopic (exact) mass is 520 g/mol. The zero-order valence-electron chi connectivity index (χ0n) is 20.0. The number of rotatable bonds is 8. The van der Waals surface area contributed by atoms with Gasteiger partial charge in [0.2, 0.25) is 5.91 Å². The molecular weight excluding hydrogens is 495 g/mol. The molecule has 0 unspecified atom stereocenters. The van der Waals surface area contributed by atoms with Crippen LogP contribution in [0.4, 0.5) is 5.82 Å². The lowest BCUT2D eigenvalue weighted by atomic mass is 10.1. The average molecular weight is 521 g/mol. The van der Waals surface area contributed by atoms with Gasteiger partial charge < -0.3 is 10.2 Å². The summed E-state index contributed by atoms with van der Waals surface area (Å²) in [5, 5.41) is 8.40. The Bertz CT molecular complexity index is 1370. The van der Waals surface area contributed by atoms with Gasteiger partial charge in [0.25, 0.3) is 5.91 Å². The highest BCUT2D eigenvalue weighted by Gasteiger charge is 2.20. The molecule has 0 bridgehead atoms. The first-order valence-corrected chi connectivity index (χ1v) is 12.4. The van der Waals surface area contributed by atoms with Crippen LogP contribution in [0, 0.1) is 0 Å². The number of anilines is 1. The van der Waals surface area contributed by atoms with Crippen molar-refractivity contribution in [2.24, 2.45) is 0 Å². The molecule has 0 spiro atoms. The number of likely N-dealkylation sites (N-methyl/N-ethyl adjacent to an activating group) is 1. The fraction of sp³-hybridized carbons (Fsp3) is 0.179. The molecule has 1 heterocycles.